The minimum atomic E-state index is -0.306. The summed E-state index contributed by atoms with van der Waals surface area (Å²) in [5.41, 5.74) is 6.03. The van der Waals surface area contributed by atoms with Gasteiger partial charge in [-0.05, 0) is 101 Å². The van der Waals surface area contributed by atoms with Gasteiger partial charge >= 0.3 is 0 Å². The van der Waals surface area contributed by atoms with Crippen LogP contribution in [0.25, 0.3) is 5.57 Å². The van der Waals surface area contributed by atoms with Crippen molar-refractivity contribution in [2.75, 3.05) is 33.2 Å². The Bertz CT molecular complexity index is 2160. The standard InChI is InChI=1S/C62H98N4O4S2/c1-13-15-17-19-21-23-25-27-29-31-35-71-37-33-55(67)63-51-41-53-49(61(9,10)45(7)65(53)43(3)4)39-47(51)57-59(69)58(60(57)70)48-40-50-54(66(44(5)6)46(8)62(50,11)12)42-52(48)64-56(68)34-38-72-36-32-30-28-26-24-22-20-18-16-14-2/h39-46,69H,13-38H2,1-12H3,(H,63,67)/b58-48-,64-52?. The van der Waals surface area contributed by atoms with Crippen LogP contribution in [0.3, 0.4) is 0 Å². The average Bonchev–Trinajstić information content (AvgIpc) is 3.65. The molecule has 0 radical (unpaired) electrons. The number of allylic oxidation sites excluding steroid dienone is 6. The third-order valence-electron chi connectivity index (χ3n) is 16.4. The minimum absolute atomic E-state index is 0.102. The summed E-state index contributed by atoms with van der Waals surface area (Å²) in [5.74, 6) is 2.75. The van der Waals surface area contributed by atoms with Gasteiger partial charge in [-0.15, -0.1) is 0 Å². The van der Waals surface area contributed by atoms with E-state index in [-0.39, 0.29) is 69.5 Å². The molecule has 1 aromatic carbocycles. The molecule has 4 aliphatic rings. The fraction of sp³-hybridized carbons (Fsp3) is 0.710. The maximum Gasteiger partial charge on any atom is 0.247 e. The molecule has 8 nitrogen and oxygen atoms in total. The van der Waals surface area contributed by atoms with Crippen LogP contribution in [0, 0.1) is 5.41 Å². The molecule has 1 fully saturated rings. The van der Waals surface area contributed by atoms with E-state index in [9.17, 15) is 19.5 Å². The lowest BCUT2D eigenvalue weighted by atomic mass is 9.73. The zero-order valence-electron chi connectivity index (χ0n) is 47.3. The molecule has 0 aromatic heterocycles. The van der Waals surface area contributed by atoms with E-state index in [4.69, 9.17) is 4.99 Å². The molecule has 0 saturated carbocycles. The van der Waals surface area contributed by atoms with Crippen LogP contribution in [-0.4, -0.2) is 80.5 Å². The molecule has 72 heavy (non-hydrogen) atoms. The van der Waals surface area contributed by atoms with E-state index in [1.54, 1.807) is 0 Å². The Morgan fingerprint density at radius 1 is 0.653 bits per heavy atom. The number of amides is 2. The predicted octanol–water partition coefficient (Wildman–Crippen LogP) is 16.7. The molecule has 0 bridgehead atoms. The normalized spacial score (nSPS) is 20.7. The highest BCUT2D eigenvalue weighted by molar-refractivity contribution is 7.99. The second-order valence-corrected chi connectivity index (χ2v) is 25.6. The number of aliphatic hydroxyl groups is 1. The Morgan fingerprint density at radius 2 is 1.14 bits per heavy atom. The molecule has 1 saturated heterocycles. The van der Waals surface area contributed by atoms with E-state index in [0.29, 0.717) is 41.1 Å². The maximum absolute atomic E-state index is 14.9. The number of unbranched alkanes of at least 4 members (excludes halogenated alkanes) is 18. The van der Waals surface area contributed by atoms with Crippen LogP contribution in [-0.2, 0) is 19.8 Å². The van der Waals surface area contributed by atoms with Gasteiger partial charge in [0.15, 0.2) is 0 Å². The van der Waals surface area contributed by atoms with Crippen molar-refractivity contribution >= 4 is 63.8 Å². The van der Waals surface area contributed by atoms with Crippen molar-refractivity contribution in [1.82, 2.24) is 4.90 Å². The van der Waals surface area contributed by atoms with Crippen LogP contribution >= 0.6 is 23.5 Å². The predicted molar refractivity (Wildman–Crippen MR) is 313 cm³/mol. The van der Waals surface area contributed by atoms with Gasteiger partial charge in [-0.1, -0.05) is 157 Å². The Labute approximate surface area is 447 Å². The van der Waals surface area contributed by atoms with E-state index in [1.165, 1.54) is 122 Å². The summed E-state index contributed by atoms with van der Waals surface area (Å²) < 4.78 is 0. The van der Waals surface area contributed by atoms with Crippen molar-refractivity contribution in [2.24, 2.45) is 10.4 Å². The number of carbonyl (C=O) groups excluding carboxylic acids is 3. The van der Waals surface area contributed by atoms with Crippen molar-refractivity contribution in [3.63, 3.8) is 0 Å². The van der Waals surface area contributed by atoms with Crippen LogP contribution in [0.4, 0.5) is 11.4 Å². The molecule has 10 heteroatoms. The highest BCUT2D eigenvalue weighted by Gasteiger charge is 2.49. The van der Waals surface area contributed by atoms with Gasteiger partial charge in [0.1, 0.15) is 5.76 Å². The fourth-order valence-electron chi connectivity index (χ4n) is 11.5. The van der Waals surface area contributed by atoms with Gasteiger partial charge in [0.25, 0.3) is 0 Å². The Balaban J connectivity index is 1.36. The zero-order chi connectivity index (χ0) is 52.6. The smallest absolute Gasteiger partial charge is 0.247 e. The highest BCUT2D eigenvalue weighted by Crippen LogP contribution is 2.53. The number of fused-ring (bicyclic) bond motifs is 2. The topological polar surface area (TPSA) is 102 Å². The van der Waals surface area contributed by atoms with E-state index in [0.717, 1.165) is 46.2 Å². The van der Waals surface area contributed by atoms with E-state index < -0.39 is 0 Å². The zero-order valence-corrected chi connectivity index (χ0v) is 49.0. The quantitative estimate of drug-likeness (QED) is 0.0544. The molecule has 5 rings (SSSR count). The van der Waals surface area contributed by atoms with Crippen molar-refractivity contribution < 1.29 is 19.5 Å². The van der Waals surface area contributed by atoms with Gasteiger partial charge in [-0.25, -0.2) is 4.99 Å². The van der Waals surface area contributed by atoms with Gasteiger partial charge in [-0.2, -0.15) is 23.5 Å². The highest BCUT2D eigenvalue weighted by atomic mass is 32.2. The summed E-state index contributed by atoms with van der Waals surface area (Å²) in [5, 5.41) is 15.6. The van der Waals surface area contributed by atoms with Gasteiger partial charge in [-0.3, -0.25) is 14.4 Å². The number of thioether (sulfide) groups is 2. The second-order valence-electron chi connectivity index (χ2n) is 23.2. The van der Waals surface area contributed by atoms with Gasteiger partial charge < -0.3 is 20.2 Å². The summed E-state index contributed by atoms with van der Waals surface area (Å²) in [6.07, 6.45) is 30.8. The van der Waals surface area contributed by atoms with Gasteiger partial charge in [0, 0.05) is 81.9 Å². The number of nitrogens with zero attached hydrogens (tertiary/aromatic N) is 3. The Hall–Kier alpha value is -3.24. The molecule has 1 aromatic rings. The largest absolute Gasteiger partial charge is 0.506 e. The first-order valence-corrected chi connectivity index (χ1v) is 31.2. The van der Waals surface area contributed by atoms with Crippen molar-refractivity contribution in [3.05, 3.63) is 63.6 Å². The number of nitrogens with one attached hydrogen (secondary N) is 1. The average molecular weight is 1030 g/mol. The number of likely N-dealkylation sites (tertiary alicyclic amines) is 1. The lowest BCUT2D eigenvalue weighted by Crippen LogP contribution is -2.42. The molecule has 0 spiro atoms. The maximum atomic E-state index is 14.9. The number of aliphatic imine (C=N–C) groups is 1. The molecule has 2 aliphatic heterocycles. The SMILES string of the molecule is CCCCCCCCCCCCSCCC(=O)N=C1C=C2C(=C/C1=C1/C(=O)C(c3cc4c(cc3NC(=O)CCSCCCCCCCCCCCC)N(C(C)C)C(C)C4(C)C)=C1O)C(C)(C)C(C)N2C(C)C. The first-order valence-electron chi connectivity index (χ1n) is 28.9. The first kappa shape index (κ1) is 59.6. The summed E-state index contributed by atoms with van der Waals surface area (Å²) in [7, 11) is 0. The number of ketones is 1. The van der Waals surface area contributed by atoms with Crippen LogP contribution < -0.4 is 10.2 Å². The molecule has 2 heterocycles. The molecule has 402 valence electrons. The van der Waals surface area contributed by atoms with Gasteiger partial charge in [0.2, 0.25) is 17.6 Å². The molecule has 2 aliphatic carbocycles. The van der Waals surface area contributed by atoms with Crippen LogP contribution in [0.15, 0.2) is 57.5 Å². The van der Waals surface area contributed by atoms with Crippen LogP contribution in [0.5, 0.6) is 0 Å². The number of Topliss-reactive ketones (excluding diaryl/α,β-unsaturated/α-hetero) is 1. The number of aliphatic hydroxyl groups excluding tert-OH is 1. The van der Waals surface area contributed by atoms with Gasteiger partial charge in [0.05, 0.1) is 22.5 Å². The molecule has 2 N–H and O–H groups in total. The summed E-state index contributed by atoms with van der Waals surface area (Å²) in [6.45, 7) is 26.7. The number of carbonyl (C=O) groups is 3. The number of hydrogen-bond donors (Lipinski definition) is 2. The molecule has 2 unspecified atom stereocenters. The summed E-state index contributed by atoms with van der Waals surface area (Å²) >= 11 is 3.65. The van der Waals surface area contributed by atoms with Crippen molar-refractivity contribution in [2.45, 2.75) is 254 Å². The Kier molecular flexibility index (Phi) is 23.7. The molecular formula is C62H98N4O4S2. The third kappa shape index (κ3) is 15.0. The molecule has 2 atom stereocenters. The van der Waals surface area contributed by atoms with Crippen LogP contribution in [0.1, 0.15) is 235 Å². The minimum Gasteiger partial charge on any atom is -0.506 e. The lowest BCUT2D eigenvalue weighted by Gasteiger charge is -2.34. The number of hydrogen-bond acceptors (Lipinski definition) is 8. The monoisotopic (exact) mass is 1030 g/mol. The van der Waals surface area contributed by atoms with E-state index >= 15 is 0 Å². The summed E-state index contributed by atoms with van der Waals surface area (Å²) in [4.78, 5) is 52.1. The Morgan fingerprint density at radius 3 is 1.64 bits per heavy atom. The first-order chi connectivity index (χ1) is 34.4. The number of benzene rings is 1. The van der Waals surface area contributed by atoms with Crippen molar-refractivity contribution in [3.8, 4) is 0 Å². The molecular weight excluding hydrogens is 929 g/mol. The fourth-order valence-corrected chi connectivity index (χ4v) is 13.3. The molecule has 2 amide bonds. The van der Waals surface area contributed by atoms with E-state index in [2.05, 4.69) is 98.2 Å². The number of rotatable bonds is 32. The number of anilines is 2. The third-order valence-corrected chi connectivity index (χ3v) is 18.6. The summed E-state index contributed by atoms with van der Waals surface area (Å²) in [6, 6.07) is 4.80. The van der Waals surface area contributed by atoms with Crippen molar-refractivity contribution in [1.29, 1.82) is 0 Å². The van der Waals surface area contributed by atoms with E-state index in [1.807, 2.05) is 47.8 Å². The van der Waals surface area contributed by atoms with Crippen LogP contribution in [0.2, 0.25) is 0 Å². The second kappa shape index (κ2) is 28.6. The lowest BCUT2D eigenvalue weighted by molar-refractivity contribution is -0.117.